The third kappa shape index (κ3) is 3.48. The summed E-state index contributed by atoms with van der Waals surface area (Å²) in [7, 11) is 0. The molecule has 90 valence electrons. The Morgan fingerprint density at radius 3 is 2.50 bits per heavy atom. The third-order valence-corrected chi connectivity index (χ3v) is 4.31. The predicted molar refractivity (Wildman–Crippen MR) is 68.7 cm³/mol. The zero-order chi connectivity index (χ0) is 12.0. The zero-order valence-corrected chi connectivity index (χ0v) is 11.4. The van der Waals surface area contributed by atoms with Crippen molar-refractivity contribution in [2.45, 2.75) is 26.7 Å². The predicted octanol–water partition coefficient (Wildman–Crippen LogP) is 4.41. The summed E-state index contributed by atoms with van der Waals surface area (Å²) in [6.07, 6.45) is 2.09. The fourth-order valence-electron chi connectivity index (χ4n) is 1.47. The molecule has 0 aliphatic rings. The molecule has 1 nitrogen and oxygen atoms in total. The van der Waals surface area contributed by atoms with Gasteiger partial charge < -0.3 is 4.74 Å². The van der Waals surface area contributed by atoms with Crippen LogP contribution in [0.4, 0.5) is 4.39 Å². The molecule has 0 aromatic heterocycles. The fourth-order valence-corrected chi connectivity index (χ4v) is 2.43. The molecule has 0 aliphatic heterocycles. The van der Waals surface area contributed by atoms with Gasteiger partial charge in [-0.05, 0) is 25.0 Å². The van der Waals surface area contributed by atoms with Gasteiger partial charge in [0.25, 0.3) is 0 Å². The summed E-state index contributed by atoms with van der Waals surface area (Å²) >= 11 is 3.53. The van der Waals surface area contributed by atoms with Crippen molar-refractivity contribution >= 4 is 15.9 Å². The molecule has 0 unspecified atom stereocenters. The maximum absolute atomic E-state index is 12.9. The quantitative estimate of drug-likeness (QED) is 0.705. The molecular formula is C13H18BrFO. The Kier molecular flexibility index (Phi) is 5.26. The van der Waals surface area contributed by atoms with Gasteiger partial charge in [-0.1, -0.05) is 35.8 Å². The van der Waals surface area contributed by atoms with Gasteiger partial charge in [0.05, 0.1) is 6.61 Å². The van der Waals surface area contributed by atoms with Crippen LogP contribution in [-0.4, -0.2) is 11.9 Å². The van der Waals surface area contributed by atoms with Gasteiger partial charge in [-0.25, -0.2) is 4.39 Å². The highest BCUT2D eigenvalue weighted by Gasteiger charge is 2.25. The van der Waals surface area contributed by atoms with Crippen molar-refractivity contribution in [1.29, 1.82) is 0 Å². The van der Waals surface area contributed by atoms with Crippen LogP contribution in [0.1, 0.15) is 26.7 Å². The molecule has 1 aromatic carbocycles. The SMILES string of the molecule is CCC(CC)(CBr)COc1cccc(F)c1. The summed E-state index contributed by atoms with van der Waals surface area (Å²) in [6, 6.07) is 6.29. The van der Waals surface area contributed by atoms with Gasteiger partial charge in [0.15, 0.2) is 0 Å². The van der Waals surface area contributed by atoms with Crippen molar-refractivity contribution in [2.75, 3.05) is 11.9 Å². The van der Waals surface area contributed by atoms with Crippen molar-refractivity contribution < 1.29 is 9.13 Å². The van der Waals surface area contributed by atoms with E-state index in [2.05, 4.69) is 29.8 Å². The summed E-state index contributed by atoms with van der Waals surface area (Å²) in [6.45, 7) is 4.92. The van der Waals surface area contributed by atoms with E-state index in [0.717, 1.165) is 18.2 Å². The Labute approximate surface area is 105 Å². The smallest absolute Gasteiger partial charge is 0.126 e. The van der Waals surface area contributed by atoms with Crippen LogP contribution in [0.15, 0.2) is 24.3 Å². The van der Waals surface area contributed by atoms with Crippen LogP contribution in [-0.2, 0) is 0 Å². The summed E-state index contributed by atoms with van der Waals surface area (Å²) in [5, 5.41) is 0.905. The second kappa shape index (κ2) is 6.24. The van der Waals surface area contributed by atoms with E-state index < -0.39 is 0 Å². The van der Waals surface area contributed by atoms with E-state index in [4.69, 9.17) is 4.74 Å². The van der Waals surface area contributed by atoms with Crippen molar-refractivity contribution in [2.24, 2.45) is 5.41 Å². The Bertz CT molecular complexity index is 315. The maximum atomic E-state index is 12.9. The van der Waals surface area contributed by atoms with E-state index >= 15 is 0 Å². The van der Waals surface area contributed by atoms with E-state index in [9.17, 15) is 4.39 Å². The van der Waals surface area contributed by atoms with Gasteiger partial charge >= 0.3 is 0 Å². The number of hydrogen-bond acceptors (Lipinski definition) is 1. The second-order valence-electron chi connectivity index (χ2n) is 4.09. The average molecular weight is 289 g/mol. The number of benzene rings is 1. The molecule has 0 atom stereocenters. The molecular weight excluding hydrogens is 271 g/mol. The van der Waals surface area contributed by atoms with Crippen molar-refractivity contribution in [3.63, 3.8) is 0 Å². The lowest BCUT2D eigenvalue weighted by molar-refractivity contribution is 0.157. The molecule has 0 saturated carbocycles. The first-order valence-corrected chi connectivity index (χ1v) is 6.72. The molecule has 1 rings (SSSR count). The number of hydrogen-bond donors (Lipinski definition) is 0. The lowest BCUT2D eigenvalue weighted by atomic mass is 9.86. The third-order valence-electron chi connectivity index (χ3n) is 3.12. The van der Waals surface area contributed by atoms with E-state index in [1.54, 1.807) is 12.1 Å². The Morgan fingerprint density at radius 1 is 1.31 bits per heavy atom. The van der Waals surface area contributed by atoms with Crippen LogP contribution >= 0.6 is 15.9 Å². The highest BCUT2D eigenvalue weighted by atomic mass is 79.9. The first kappa shape index (κ1) is 13.5. The average Bonchev–Trinajstić information content (AvgIpc) is 2.32. The van der Waals surface area contributed by atoms with E-state index in [1.807, 2.05) is 0 Å². The monoisotopic (exact) mass is 288 g/mol. The van der Waals surface area contributed by atoms with Crippen molar-refractivity contribution in [3.05, 3.63) is 30.1 Å². The molecule has 0 radical (unpaired) electrons. The van der Waals surface area contributed by atoms with E-state index in [0.29, 0.717) is 12.4 Å². The Morgan fingerprint density at radius 2 is 2.00 bits per heavy atom. The first-order valence-electron chi connectivity index (χ1n) is 5.60. The van der Waals surface area contributed by atoms with Crippen LogP contribution in [0.3, 0.4) is 0 Å². The second-order valence-corrected chi connectivity index (χ2v) is 4.65. The molecule has 0 N–H and O–H groups in total. The summed E-state index contributed by atoms with van der Waals surface area (Å²) < 4.78 is 18.6. The van der Waals surface area contributed by atoms with Crippen LogP contribution in [0.2, 0.25) is 0 Å². The summed E-state index contributed by atoms with van der Waals surface area (Å²) in [5.41, 5.74) is 0.145. The van der Waals surface area contributed by atoms with Gasteiger partial charge in [0, 0.05) is 16.8 Å². The lowest BCUT2D eigenvalue weighted by Crippen LogP contribution is -2.29. The normalized spacial score (nSPS) is 11.5. The topological polar surface area (TPSA) is 9.23 Å². The molecule has 0 heterocycles. The number of ether oxygens (including phenoxy) is 1. The lowest BCUT2D eigenvalue weighted by Gasteiger charge is -2.29. The Hall–Kier alpha value is -0.570. The molecule has 0 fully saturated rings. The molecule has 3 heteroatoms. The first-order chi connectivity index (χ1) is 7.65. The van der Waals surface area contributed by atoms with Crippen molar-refractivity contribution in [3.8, 4) is 5.75 Å². The molecule has 0 spiro atoms. The largest absolute Gasteiger partial charge is 0.493 e. The number of rotatable bonds is 6. The molecule has 1 aromatic rings. The molecule has 16 heavy (non-hydrogen) atoms. The van der Waals surface area contributed by atoms with Crippen molar-refractivity contribution in [1.82, 2.24) is 0 Å². The summed E-state index contributed by atoms with van der Waals surface area (Å²) in [5.74, 6) is 0.349. The van der Waals surface area contributed by atoms with Gasteiger partial charge in [0.2, 0.25) is 0 Å². The maximum Gasteiger partial charge on any atom is 0.126 e. The summed E-state index contributed by atoms with van der Waals surface area (Å²) in [4.78, 5) is 0. The standard InChI is InChI=1S/C13H18BrFO/c1-3-13(4-2,9-14)10-16-12-7-5-6-11(15)8-12/h5-8H,3-4,9-10H2,1-2H3. The highest BCUT2D eigenvalue weighted by molar-refractivity contribution is 9.09. The molecule has 0 saturated heterocycles. The molecule has 0 bridgehead atoms. The van der Waals surface area contributed by atoms with Crippen LogP contribution in [0.5, 0.6) is 5.75 Å². The van der Waals surface area contributed by atoms with Gasteiger partial charge in [0.1, 0.15) is 11.6 Å². The van der Waals surface area contributed by atoms with E-state index in [1.165, 1.54) is 12.1 Å². The van der Waals surface area contributed by atoms with Crippen LogP contribution in [0, 0.1) is 11.2 Å². The van der Waals surface area contributed by atoms with Gasteiger partial charge in [-0.15, -0.1) is 0 Å². The number of alkyl halides is 1. The molecule has 0 aliphatic carbocycles. The minimum absolute atomic E-state index is 0.145. The minimum atomic E-state index is -0.255. The van der Waals surface area contributed by atoms with Gasteiger partial charge in [-0.3, -0.25) is 0 Å². The zero-order valence-electron chi connectivity index (χ0n) is 9.80. The fraction of sp³-hybridized carbons (Fsp3) is 0.538. The Balaban J connectivity index is 2.62. The van der Waals surface area contributed by atoms with E-state index in [-0.39, 0.29) is 11.2 Å². The van der Waals surface area contributed by atoms with Gasteiger partial charge in [-0.2, -0.15) is 0 Å². The van der Waals surface area contributed by atoms with Crippen LogP contribution in [0.25, 0.3) is 0 Å². The highest BCUT2D eigenvalue weighted by Crippen LogP contribution is 2.29. The molecule has 0 amide bonds. The van der Waals surface area contributed by atoms with Crippen LogP contribution < -0.4 is 4.74 Å². The number of halogens is 2. The minimum Gasteiger partial charge on any atom is -0.493 e.